The van der Waals surface area contributed by atoms with Crippen LogP contribution in [0.4, 0.5) is 5.69 Å². The molecular weight excluding hydrogens is 220 g/mol. The number of hydrogen-bond donors (Lipinski definition) is 1. The molecule has 0 heterocycles. The van der Waals surface area contributed by atoms with E-state index in [0.29, 0.717) is 5.71 Å². The molecule has 0 aromatic heterocycles. The van der Waals surface area contributed by atoms with Crippen molar-refractivity contribution in [1.29, 1.82) is 5.41 Å². The van der Waals surface area contributed by atoms with Crippen molar-refractivity contribution in [3.8, 4) is 0 Å². The summed E-state index contributed by atoms with van der Waals surface area (Å²) in [5.74, 6) is 0. The number of hydrogen-bond acceptors (Lipinski definition) is 2. The Bertz CT molecular complexity index is 579. The Morgan fingerprint density at radius 2 is 1.50 bits per heavy atom. The highest BCUT2D eigenvalue weighted by atomic mass is 14.7. The van der Waals surface area contributed by atoms with Gasteiger partial charge in [0.25, 0.3) is 0 Å². The molecule has 0 saturated carbocycles. The minimum Gasteiger partial charge on any atom is -0.300 e. The number of rotatable bonds is 3. The monoisotopic (exact) mass is 236 g/mol. The molecule has 0 aliphatic rings. The van der Waals surface area contributed by atoms with Gasteiger partial charge < -0.3 is 0 Å². The van der Waals surface area contributed by atoms with E-state index in [-0.39, 0.29) is 0 Å². The van der Waals surface area contributed by atoms with Gasteiger partial charge in [-0.2, -0.15) is 0 Å². The lowest BCUT2D eigenvalue weighted by molar-refractivity contribution is 1.41. The van der Waals surface area contributed by atoms with Crippen LogP contribution < -0.4 is 0 Å². The van der Waals surface area contributed by atoms with Crippen LogP contribution in [-0.2, 0) is 0 Å². The summed E-state index contributed by atoms with van der Waals surface area (Å²) in [5, 5.41) is 8.29. The van der Waals surface area contributed by atoms with Gasteiger partial charge in [-0.15, -0.1) is 0 Å². The summed E-state index contributed by atoms with van der Waals surface area (Å²) in [4.78, 5) is 4.48. The van der Waals surface area contributed by atoms with E-state index in [0.717, 1.165) is 22.5 Å². The molecule has 90 valence electrons. The molecule has 2 nitrogen and oxygen atoms in total. The van der Waals surface area contributed by atoms with Crippen LogP contribution in [0.15, 0.2) is 59.6 Å². The number of para-hydroxylation sites is 1. The maximum absolute atomic E-state index is 8.29. The molecule has 0 saturated heterocycles. The first-order valence-corrected chi connectivity index (χ1v) is 5.94. The largest absolute Gasteiger partial charge is 0.300 e. The van der Waals surface area contributed by atoms with Gasteiger partial charge in [0.2, 0.25) is 0 Å². The molecule has 0 spiro atoms. The van der Waals surface area contributed by atoms with Gasteiger partial charge >= 0.3 is 0 Å². The zero-order chi connectivity index (χ0) is 13.0. The summed E-state index contributed by atoms with van der Waals surface area (Å²) in [6.07, 6.45) is 0. The van der Waals surface area contributed by atoms with Crippen LogP contribution in [-0.4, -0.2) is 11.4 Å². The summed E-state index contributed by atoms with van der Waals surface area (Å²) < 4.78 is 0. The lowest BCUT2D eigenvalue weighted by Gasteiger charge is -2.08. The molecule has 2 aromatic rings. The molecule has 18 heavy (non-hydrogen) atoms. The average molecular weight is 236 g/mol. The third kappa shape index (κ3) is 2.72. The van der Waals surface area contributed by atoms with E-state index in [1.807, 2.05) is 68.4 Å². The Balaban J connectivity index is 2.46. The lowest BCUT2D eigenvalue weighted by Crippen LogP contribution is -2.01. The SMILES string of the molecule is CC(C)=Nc1ccccc1C(=N)c1ccccc1. The number of aliphatic imine (C=N–C) groups is 1. The zero-order valence-corrected chi connectivity index (χ0v) is 10.6. The Morgan fingerprint density at radius 3 is 2.17 bits per heavy atom. The Labute approximate surface area is 108 Å². The Hall–Kier alpha value is -2.22. The second-order valence-corrected chi connectivity index (χ2v) is 4.32. The average Bonchev–Trinajstić information content (AvgIpc) is 2.39. The van der Waals surface area contributed by atoms with Gasteiger partial charge in [0.05, 0.1) is 11.4 Å². The summed E-state index contributed by atoms with van der Waals surface area (Å²) in [6, 6.07) is 17.5. The van der Waals surface area contributed by atoms with Crippen molar-refractivity contribution in [2.24, 2.45) is 4.99 Å². The van der Waals surface area contributed by atoms with Crippen LogP contribution in [0.25, 0.3) is 0 Å². The fraction of sp³-hybridized carbons (Fsp3) is 0.125. The van der Waals surface area contributed by atoms with Crippen molar-refractivity contribution in [1.82, 2.24) is 0 Å². The van der Waals surface area contributed by atoms with Crippen molar-refractivity contribution in [3.63, 3.8) is 0 Å². The van der Waals surface area contributed by atoms with E-state index in [1.54, 1.807) is 0 Å². The van der Waals surface area contributed by atoms with Crippen molar-refractivity contribution < 1.29 is 0 Å². The predicted molar refractivity (Wildman–Crippen MR) is 77.3 cm³/mol. The van der Waals surface area contributed by atoms with Crippen LogP contribution in [0.3, 0.4) is 0 Å². The van der Waals surface area contributed by atoms with E-state index in [2.05, 4.69) is 4.99 Å². The van der Waals surface area contributed by atoms with Crippen molar-refractivity contribution in [3.05, 3.63) is 65.7 Å². The molecule has 2 rings (SSSR count). The van der Waals surface area contributed by atoms with Crippen LogP contribution in [0.5, 0.6) is 0 Å². The molecule has 0 aliphatic carbocycles. The molecule has 1 N–H and O–H groups in total. The molecule has 0 bridgehead atoms. The maximum Gasteiger partial charge on any atom is 0.0722 e. The smallest absolute Gasteiger partial charge is 0.0722 e. The van der Waals surface area contributed by atoms with E-state index < -0.39 is 0 Å². The summed E-state index contributed by atoms with van der Waals surface area (Å²) in [6.45, 7) is 3.92. The van der Waals surface area contributed by atoms with Gasteiger partial charge in [0.15, 0.2) is 0 Å². The fourth-order valence-electron chi connectivity index (χ4n) is 1.78. The third-order valence-corrected chi connectivity index (χ3v) is 2.58. The van der Waals surface area contributed by atoms with E-state index in [9.17, 15) is 0 Å². The van der Waals surface area contributed by atoms with Crippen LogP contribution in [0.1, 0.15) is 25.0 Å². The fourth-order valence-corrected chi connectivity index (χ4v) is 1.78. The number of nitrogens with one attached hydrogen (secondary N) is 1. The number of benzene rings is 2. The highest BCUT2D eigenvalue weighted by Gasteiger charge is 2.08. The van der Waals surface area contributed by atoms with Gasteiger partial charge in [-0.05, 0) is 19.9 Å². The summed E-state index contributed by atoms with van der Waals surface area (Å²) in [7, 11) is 0. The molecule has 2 aromatic carbocycles. The molecule has 0 radical (unpaired) electrons. The minimum absolute atomic E-state index is 0.510. The quantitative estimate of drug-likeness (QED) is 0.775. The minimum atomic E-state index is 0.510. The second kappa shape index (κ2) is 5.41. The van der Waals surface area contributed by atoms with Crippen molar-refractivity contribution in [2.75, 3.05) is 0 Å². The maximum atomic E-state index is 8.29. The second-order valence-electron chi connectivity index (χ2n) is 4.32. The number of nitrogens with zero attached hydrogens (tertiary/aromatic N) is 1. The Morgan fingerprint density at radius 1 is 0.889 bits per heavy atom. The van der Waals surface area contributed by atoms with Gasteiger partial charge in [0.1, 0.15) is 0 Å². The van der Waals surface area contributed by atoms with Crippen molar-refractivity contribution >= 4 is 17.1 Å². The molecule has 0 atom stereocenters. The molecular formula is C16H16N2. The topological polar surface area (TPSA) is 36.2 Å². The molecule has 0 unspecified atom stereocenters. The van der Waals surface area contributed by atoms with Gasteiger partial charge in [0, 0.05) is 16.8 Å². The highest BCUT2D eigenvalue weighted by Crippen LogP contribution is 2.22. The van der Waals surface area contributed by atoms with E-state index >= 15 is 0 Å². The summed E-state index contributed by atoms with van der Waals surface area (Å²) in [5.41, 5.74) is 4.13. The molecule has 0 aliphatic heterocycles. The van der Waals surface area contributed by atoms with Crippen LogP contribution in [0, 0.1) is 5.41 Å². The van der Waals surface area contributed by atoms with Gasteiger partial charge in [-0.1, -0.05) is 48.5 Å². The first-order valence-electron chi connectivity index (χ1n) is 5.94. The third-order valence-electron chi connectivity index (χ3n) is 2.58. The van der Waals surface area contributed by atoms with Gasteiger partial charge in [-0.3, -0.25) is 10.4 Å². The van der Waals surface area contributed by atoms with Crippen LogP contribution >= 0.6 is 0 Å². The zero-order valence-electron chi connectivity index (χ0n) is 10.6. The normalized spacial score (nSPS) is 9.89. The molecule has 0 amide bonds. The van der Waals surface area contributed by atoms with Crippen LogP contribution in [0.2, 0.25) is 0 Å². The van der Waals surface area contributed by atoms with E-state index in [1.165, 1.54) is 0 Å². The summed E-state index contributed by atoms with van der Waals surface area (Å²) >= 11 is 0. The predicted octanol–water partition coefficient (Wildman–Crippen LogP) is 4.22. The first kappa shape index (κ1) is 12.2. The highest BCUT2D eigenvalue weighted by molar-refractivity contribution is 6.14. The standard InChI is InChI=1S/C16H16N2/c1-12(2)18-15-11-7-6-10-14(15)16(17)13-8-4-3-5-9-13/h3-11,17H,1-2H3. The lowest BCUT2D eigenvalue weighted by atomic mass is 10.0. The van der Waals surface area contributed by atoms with Crippen molar-refractivity contribution in [2.45, 2.75) is 13.8 Å². The molecule has 2 heteroatoms. The first-order chi connectivity index (χ1) is 8.68. The molecule has 0 fully saturated rings. The van der Waals surface area contributed by atoms with Gasteiger partial charge in [-0.25, -0.2) is 0 Å². The van der Waals surface area contributed by atoms with E-state index in [4.69, 9.17) is 5.41 Å². The Kier molecular flexibility index (Phi) is 3.68.